The van der Waals surface area contributed by atoms with Gasteiger partial charge in [-0.3, -0.25) is 0 Å². The molecule has 1 fully saturated rings. The van der Waals surface area contributed by atoms with E-state index in [1.165, 1.54) is 33.4 Å². The first-order chi connectivity index (χ1) is 17.3. The van der Waals surface area contributed by atoms with Crippen molar-refractivity contribution < 1.29 is 9.31 Å². The summed E-state index contributed by atoms with van der Waals surface area (Å²) in [5, 5.41) is 0. The fourth-order valence-corrected chi connectivity index (χ4v) is 6.11. The molecule has 3 aliphatic rings. The van der Waals surface area contributed by atoms with E-state index in [1.807, 2.05) is 0 Å². The van der Waals surface area contributed by atoms with E-state index in [-0.39, 0.29) is 0 Å². The molecule has 0 saturated carbocycles. The van der Waals surface area contributed by atoms with Crippen LogP contribution in [-0.2, 0) is 14.7 Å². The highest BCUT2D eigenvalue weighted by atomic mass is 16.7. The second kappa shape index (κ2) is 8.47. The summed E-state index contributed by atoms with van der Waals surface area (Å²) in [6.45, 7) is 8.51. The molecule has 0 aromatic heterocycles. The Balaban J connectivity index is 1.71. The van der Waals surface area contributed by atoms with Crippen molar-refractivity contribution in [1.82, 2.24) is 0 Å². The number of allylic oxidation sites excluding steroid dienone is 6. The zero-order chi connectivity index (χ0) is 25.0. The van der Waals surface area contributed by atoms with E-state index in [1.54, 1.807) is 0 Å². The molecular formula is C33H33BO2. The van der Waals surface area contributed by atoms with Crippen molar-refractivity contribution in [3.8, 4) is 0 Å². The van der Waals surface area contributed by atoms with E-state index < -0.39 is 23.7 Å². The van der Waals surface area contributed by atoms with Crippen molar-refractivity contribution in [2.75, 3.05) is 0 Å². The highest BCUT2D eigenvalue weighted by Crippen LogP contribution is 2.52. The molecule has 2 aliphatic carbocycles. The van der Waals surface area contributed by atoms with Gasteiger partial charge in [-0.05, 0) is 73.8 Å². The minimum atomic E-state index is -0.423. The fourth-order valence-electron chi connectivity index (χ4n) is 6.11. The molecule has 3 aromatic carbocycles. The molecule has 2 nitrogen and oxygen atoms in total. The second-order valence-corrected chi connectivity index (χ2v) is 11.1. The van der Waals surface area contributed by atoms with Crippen LogP contribution in [-0.4, -0.2) is 18.3 Å². The molecule has 2 bridgehead atoms. The first-order valence-electron chi connectivity index (χ1n) is 13.0. The predicted molar refractivity (Wildman–Crippen MR) is 149 cm³/mol. The lowest BCUT2D eigenvalue weighted by atomic mass is 9.61. The molecule has 1 aliphatic heterocycles. The minimum absolute atomic E-state index is 0.399. The van der Waals surface area contributed by atoms with Gasteiger partial charge < -0.3 is 9.31 Å². The molecule has 1 heterocycles. The van der Waals surface area contributed by atoms with Gasteiger partial charge in [-0.1, -0.05) is 109 Å². The van der Waals surface area contributed by atoms with E-state index in [2.05, 4.69) is 131 Å². The van der Waals surface area contributed by atoms with Gasteiger partial charge in [-0.25, -0.2) is 0 Å². The van der Waals surface area contributed by atoms with Crippen LogP contribution in [0.5, 0.6) is 0 Å². The molecule has 0 amide bonds. The summed E-state index contributed by atoms with van der Waals surface area (Å²) < 4.78 is 13.2. The van der Waals surface area contributed by atoms with Crippen LogP contribution < -0.4 is 5.46 Å². The normalized spacial score (nSPS) is 24.9. The Hall–Kier alpha value is -3.14. The van der Waals surface area contributed by atoms with Gasteiger partial charge in [0, 0.05) is 0 Å². The Morgan fingerprint density at radius 1 is 0.639 bits per heavy atom. The zero-order valence-corrected chi connectivity index (χ0v) is 21.6. The number of hydrogen-bond acceptors (Lipinski definition) is 2. The number of rotatable bonds is 3. The van der Waals surface area contributed by atoms with Crippen molar-refractivity contribution in [1.29, 1.82) is 0 Å². The van der Waals surface area contributed by atoms with Crippen LogP contribution in [0.1, 0.15) is 62.8 Å². The Kier molecular flexibility index (Phi) is 5.48. The van der Waals surface area contributed by atoms with Crippen molar-refractivity contribution in [2.45, 2.75) is 57.2 Å². The summed E-state index contributed by atoms with van der Waals surface area (Å²) in [6.07, 6.45) is 11.0. The first-order valence-corrected chi connectivity index (χ1v) is 13.0. The average Bonchev–Trinajstić information content (AvgIpc) is 3.02. The first kappa shape index (κ1) is 23.3. The van der Waals surface area contributed by atoms with Crippen LogP contribution in [0.4, 0.5) is 0 Å². The van der Waals surface area contributed by atoms with E-state index in [9.17, 15) is 0 Å². The SMILES string of the molecule is CC1(C)OB(c2cccc3c2/C2=C/C=C\C=C(/CC2)C3(c2ccccc2)c2ccccc2)OC1(C)C. The van der Waals surface area contributed by atoms with E-state index in [0.717, 1.165) is 18.3 Å². The van der Waals surface area contributed by atoms with Crippen LogP contribution in [0.25, 0.3) is 5.57 Å². The van der Waals surface area contributed by atoms with Crippen molar-refractivity contribution in [3.63, 3.8) is 0 Å². The van der Waals surface area contributed by atoms with Crippen LogP contribution in [0, 0.1) is 0 Å². The summed E-state index contributed by atoms with van der Waals surface area (Å²) in [5.41, 5.74) is 7.78. The summed E-state index contributed by atoms with van der Waals surface area (Å²) in [5.74, 6) is 0. The predicted octanol–water partition coefficient (Wildman–Crippen LogP) is 6.99. The fraction of sp³-hybridized carbons (Fsp3) is 0.273. The zero-order valence-electron chi connectivity index (χ0n) is 21.6. The Morgan fingerprint density at radius 2 is 1.22 bits per heavy atom. The second-order valence-electron chi connectivity index (χ2n) is 11.1. The highest BCUT2D eigenvalue weighted by molar-refractivity contribution is 6.63. The van der Waals surface area contributed by atoms with Gasteiger partial charge in [0.05, 0.1) is 16.6 Å². The summed E-state index contributed by atoms with van der Waals surface area (Å²) in [4.78, 5) is 0. The standard InChI is InChI=1S/C33H33BO2/c1-31(2)32(3,4)36-34(35-31)29-21-13-20-28-30(29)24-14-11-12-19-27(23-22-24)33(28,25-15-7-5-8-16-25)26-17-9-6-10-18-26/h5-21H,22-23H2,1-4H3/b12-11-,24-14+,27-19+. The van der Waals surface area contributed by atoms with Gasteiger partial charge in [0.2, 0.25) is 0 Å². The lowest BCUT2D eigenvalue weighted by Gasteiger charge is -2.39. The van der Waals surface area contributed by atoms with Crippen LogP contribution in [0.3, 0.4) is 0 Å². The third-order valence-corrected chi connectivity index (χ3v) is 8.59. The third-order valence-electron chi connectivity index (χ3n) is 8.59. The quantitative estimate of drug-likeness (QED) is 0.383. The Morgan fingerprint density at radius 3 is 1.83 bits per heavy atom. The monoisotopic (exact) mass is 472 g/mol. The summed E-state index contributed by atoms with van der Waals surface area (Å²) in [7, 11) is -0.423. The molecule has 6 rings (SSSR count). The van der Waals surface area contributed by atoms with E-state index in [4.69, 9.17) is 9.31 Å². The van der Waals surface area contributed by atoms with Gasteiger partial charge >= 0.3 is 7.12 Å². The lowest BCUT2D eigenvalue weighted by molar-refractivity contribution is 0.00578. The lowest BCUT2D eigenvalue weighted by Crippen LogP contribution is -2.41. The smallest absolute Gasteiger partial charge is 0.399 e. The van der Waals surface area contributed by atoms with Gasteiger partial charge in [0.1, 0.15) is 0 Å². The Labute approximate surface area is 215 Å². The number of benzene rings is 3. The van der Waals surface area contributed by atoms with Gasteiger partial charge in [-0.2, -0.15) is 0 Å². The van der Waals surface area contributed by atoms with E-state index >= 15 is 0 Å². The summed E-state index contributed by atoms with van der Waals surface area (Å²) >= 11 is 0. The van der Waals surface area contributed by atoms with Crippen LogP contribution in [0.2, 0.25) is 0 Å². The van der Waals surface area contributed by atoms with Gasteiger partial charge in [0.25, 0.3) is 0 Å². The van der Waals surface area contributed by atoms with Gasteiger partial charge in [-0.15, -0.1) is 0 Å². The largest absolute Gasteiger partial charge is 0.495 e. The molecule has 0 radical (unpaired) electrons. The molecular weight excluding hydrogens is 439 g/mol. The third kappa shape index (κ3) is 3.41. The maximum atomic E-state index is 6.62. The number of hydrogen-bond donors (Lipinski definition) is 0. The molecule has 0 N–H and O–H groups in total. The molecule has 1 saturated heterocycles. The van der Waals surface area contributed by atoms with Crippen molar-refractivity contribution in [2.24, 2.45) is 0 Å². The molecule has 180 valence electrons. The van der Waals surface area contributed by atoms with Crippen molar-refractivity contribution in [3.05, 3.63) is 131 Å². The highest BCUT2D eigenvalue weighted by Gasteiger charge is 2.53. The maximum Gasteiger partial charge on any atom is 0.495 e. The van der Waals surface area contributed by atoms with Crippen LogP contribution >= 0.6 is 0 Å². The molecule has 0 unspecified atom stereocenters. The van der Waals surface area contributed by atoms with Gasteiger partial charge in [0.15, 0.2) is 0 Å². The number of fused-ring (bicyclic) bond motifs is 5. The topological polar surface area (TPSA) is 18.5 Å². The molecule has 3 heteroatoms. The molecule has 3 aromatic rings. The van der Waals surface area contributed by atoms with E-state index in [0.29, 0.717) is 0 Å². The molecule has 0 spiro atoms. The van der Waals surface area contributed by atoms with Crippen LogP contribution in [0.15, 0.2) is 109 Å². The Bertz CT molecular complexity index is 1320. The molecule has 0 atom stereocenters. The maximum absolute atomic E-state index is 6.62. The van der Waals surface area contributed by atoms with Crippen molar-refractivity contribution >= 4 is 18.2 Å². The average molecular weight is 472 g/mol. The minimum Gasteiger partial charge on any atom is -0.399 e. The summed E-state index contributed by atoms with van der Waals surface area (Å²) in [6, 6.07) is 28.7. The molecule has 36 heavy (non-hydrogen) atoms.